The van der Waals surface area contributed by atoms with Gasteiger partial charge in [-0.2, -0.15) is 0 Å². The predicted molar refractivity (Wildman–Crippen MR) is 103 cm³/mol. The third-order valence-corrected chi connectivity index (χ3v) is 5.66. The molecule has 0 aliphatic carbocycles. The lowest BCUT2D eigenvalue weighted by molar-refractivity contribution is 0.179. The standard InChI is InChI=1S/C19H29ClN4O/c1-16-6-9-22(10-7-16)11-8-21-19(25)24-14-12-23(13-15-24)18-5-3-2-4-17(18)20/h2-5,16H,6-15H2,1H3,(H,21,25). The molecule has 2 saturated heterocycles. The Morgan fingerprint density at radius 2 is 1.80 bits per heavy atom. The summed E-state index contributed by atoms with van der Waals surface area (Å²) in [6, 6.07) is 7.96. The zero-order valence-electron chi connectivity index (χ0n) is 15.1. The highest BCUT2D eigenvalue weighted by atomic mass is 35.5. The number of carbonyl (C=O) groups is 1. The minimum absolute atomic E-state index is 0.0594. The molecule has 2 fully saturated rings. The van der Waals surface area contributed by atoms with Crippen LogP contribution >= 0.6 is 11.6 Å². The van der Waals surface area contributed by atoms with Crippen molar-refractivity contribution >= 4 is 23.3 Å². The second kappa shape index (κ2) is 8.77. The molecule has 2 aliphatic rings. The third-order valence-electron chi connectivity index (χ3n) is 5.34. The molecule has 2 amide bonds. The van der Waals surface area contributed by atoms with E-state index in [9.17, 15) is 4.79 Å². The Bertz CT molecular complexity index is 566. The number of anilines is 1. The molecule has 6 heteroatoms. The van der Waals surface area contributed by atoms with Gasteiger partial charge in [0.05, 0.1) is 10.7 Å². The molecule has 138 valence electrons. The van der Waals surface area contributed by atoms with Gasteiger partial charge in [0.25, 0.3) is 0 Å². The average molecular weight is 365 g/mol. The lowest BCUT2D eigenvalue weighted by Gasteiger charge is -2.36. The van der Waals surface area contributed by atoms with Gasteiger partial charge in [-0.3, -0.25) is 0 Å². The maximum Gasteiger partial charge on any atom is 0.317 e. The Kier molecular flexibility index (Phi) is 6.43. The predicted octanol–water partition coefficient (Wildman–Crippen LogP) is 2.90. The number of nitrogens with one attached hydrogen (secondary N) is 1. The Hall–Kier alpha value is -1.46. The van der Waals surface area contributed by atoms with Crippen LogP contribution in [-0.4, -0.2) is 68.2 Å². The fourth-order valence-electron chi connectivity index (χ4n) is 3.58. The van der Waals surface area contributed by atoms with E-state index < -0.39 is 0 Å². The third kappa shape index (κ3) is 5.02. The molecule has 1 aromatic carbocycles. The molecule has 1 N–H and O–H groups in total. The molecule has 25 heavy (non-hydrogen) atoms. The van der Waals surface area contributed by atoms with Crippen molar-refractivity contribution in [2.75, 3.05) is 57.3 Å². The summed E-state index contributed by atoms with van der Waals surface area (Å²) in [6.07, 6.45) is 2.55. The fraction of sp³-hybridized carbons (Fsp3) is 0.632. The highest BCUT2D eigenvalue weighted by molar-refractivity contribution is 6.33. The molecule has 0 saturated carbocycles. The summed E-state index contributed by atoms with van der Waals surface area (Å²) in [6.45, 7) is 9.44. The van der Waals surface area contributed by atoms with Gasteiger partial charge in [-0.1, -0.05) is 30.7 Å². The summed E-state index contributed by atoms with van der Waals surface area (Å²) in [5, 5.41) is 3.85. The summed E-state index contributed by atoms with van der Waals surface area (Å²) >= 11 is 6.27. The van der Waals surface area contributed by atoms with Gasteiger partial charge in [-0.05, 0) is 44.0 Å². The number of para-hydroxylation sites is 1. The molecule has 5 nitrogen and oxygen atoms in total. The maximum atomic E-state index is 12.4. The van der Waals surface area contributed by atoms with Crippen LogP contribution in [0.5, 0.6) is 0 Å². The molecule has 2 aliphatic heterocycles. The van der Waals surface area contributed by atoms with Crippen molar-refractivity contribution in [2.24, 2.45) is 5.92 Å². The molecule has 0 bridgehead atoms. The quantitative estimate of drug-likeness (QED) is 0.892. The highest BCUT2D eigenvalue weighted by Crippen LogP contribution is 2.26. The van der Waals surface area contributed by atoms with E-state index in [-0.39, 0.29) is 6.03 Å². The van der Waals surface area contributed by atoms with Crippen LogP contribution in [-0.2, 0) is 0 Å². The number of piperidine rings is 1. The second-order valence-electron chi connectivity index (χ2n) is 7.18. The van der Waals surface area contributed by atoms with Crippen LogP contribution in [0, 0.1) is 5.92 Å². The van der Waals surface area contributed by atoms with Crippen molar-refractivity contribution in [3.05, 3.63) is 29.3 Å². The van der Waals surface area contributed by atoms with E-state index in [0.717, 1.165) is 69.0 Å². The number of halogens is 1. The molecule has 2 heterocycles. The molecule has 0 spiro atoms. The summed E-state index contributed by atoms with van der Waals surface area (Å²) < 4.78 is 0. The number of benzene rings is 1. The van der Waals surface area contributed by atoms with Crippen LogP contribution in [0.15, 0.2) is 24.3 Å². The molecule has 0 unspecified atom stereocenters. The second-order valence-corrected chi connectivity index (χ2v) is 7.59. The van der Waals surface area contributed by atoms with Gasteiger partial charge in [-0.15, -0.1) is 0 Å². The number of hydrogen-bond donors (Lipinski definition) is 1. The zero-order chi connectivity index (χ0) is 17.6. The number of rotatable bonds is 4. The molecule has 0 aromatic heterocycles. The monoisotopic (exact) mass is 364 g/mol. The van der Waals surface area contributed by atoms with E-state index in [4.69, 9.17) is 11.6 Å². The summed E-state index contributed by atoms with van der Waals surface area (Å²) in [5.41, 5.74) is 1.06. The van der Waals surface area contributed by atoms with Crippen molar-refractivity contribution < 1.29 is 4.79 Å². The minimum Gasteiger partial charge on any atom is -0.367 e. The first-order chi connectivity index (χ1) is 12.1. The number of amides is 2. The van der Waals surface area contributed by atoms with E-state index in [0.29, 0.717) is 0 Å². The first-order valence-electron chi connectivity index (χ1n) is 9.38. The number of carbonyl (C=O) groups excluding carboxylic acids is 1. The van der Waals surface area contributed by atoms with E-state index >= 15 is 0 Å². The summed E-state index contributed by atoms with van der Waals surface area (Å²) in [7, 11) is 0. The van der Waals surface area contributed by atoms with Crippen LogP contribution in [0.1, 0.15) is 19.8 Å². The van der Waals surface area contributed by atoms with Crippen molar-refractivity contribution in [2.45, 2.75) is 19.8 Å². The van der Waals surface area contributed by atoms with Crippen molar-refractivity contribution in [3.8, 4) is 0 Å². The molecule has 1 aromatic rings. The van der Waals surface area contributed by atoms with Gasteiger partial charge in [0.15, 0.2) is 0 Å². The first-order valence-corrected chi connectivity index (χ1v) is 9.76. The van der Waals surface area contributed by atoms with E-state index in [1.54, 1.807) is 0 Å². The molecule has 3 rings (SSSR count). The lowest BCUT2D eigenvalue weighted by atomic mass is 9.99. The molecule has 0 atom stereocenters. The van der Waals surface area contributed by atoms with E-state index in [1.807, 2.05) is 29.2 Å². The van der Waals surface area contributed by atoms with Crippen LogP contribution in [0.4, 0.5) is 10.5 Å². The van der Waals surface area contributed by atoms with Gasteiger partial charge in [0.1, 0.15) is 0 Å². The Labute approximate surface area is 155 Å². The van der Waals surface area contributed by atoms with Crippen molar-refractivity contribution in [3.63, 3.8) is 0 Å². The highest BCUT2D eigenvalue weighted by Gasteiger charge is 2.22. The van der Waals surface area contributed by atoms with Gasteiger partial charge in [0.2, 0.25) is 0 Å². The summed E-state index contributed by atoms with van der Waals surface area (Å²) in [4.78, 5) is 19.0. The Morgan fingerprint density at radius 3 is 2.48 bits per heavy atom. The van der Waals surface area contributed by atoms with Crippen molar-refractivity contribution in [1.29, 1.82) is 0 Å². The zero-order valence-corrected chi connectivity index (χ0v) is 15.8. The SMILES string of the molecule is CC1CCN(CCNC(=O)N2CCN(c3ccccc3Cl)CC2)CC1. The minimum atomic E-state index is 0.0594. The fourth-order valence-corrected chi connectivity index (χ4v) is 3.83. The molecular formula is C19H29ClN4O. The van der Waals surface area contributed by atoms with Crippen LogP contribution in [0.3, 0.4) is 0 Å². The number of urea groups is 1. The number of hydrogen-bond acceptors (Lipinski definition) is 3. The normalized spacial score (nSPS) is 19.9. The number of nitrogens with zero attached hydrogens (tertiary/aromatic N) is 3. The smallest absolute Gasteiger partial charge is 0.317 e. The number of piperazine rings is 1. The Balaban J connectivity index is 1.38. The van der Waals surface area contributed by atoms with Gasteiger partial charge in [0, 0.05) is 39.3 Å². The van der Waals surface area contributed by atoms with Gasteiger partial charge in [-0.25, -0.2) is 4.79 Å². The Morgan fingerprint density at radius 1 is 1.12 bits per heavy atom. The van der Waals surface area contributed by atoms with Crippen LogP contribution < -0.4 is 10.2 Å². The maximum absolute atomic E-state index is 12.4. The number of likely N-dealkylation sites (tertiary alicyclic amines) is 1. The van der Waals surface area contributed by atoms with Gasteiger partial charge >= 0.3 is 6.03 Å². The van der Waals surface area contributed by atoms with E-state index in [1.165, 1.54) is 12.8 Å². The summed E-state index contributed by atoms with van der Waals surface area (Å²) in [5.74, 6) is 0.847. The average Bonchev–Trinajstić information content (AvgIpc) is 2.64. The largest absolute Gasteiger partial charge is 0.367 e. The van der Waals surface area contributed by atoms with Crippen molar-refractivity contribution in [1.82, 2.24) is 15.1 Å². The molecule has 0 radical (unpaired) electrons. The van der Waals surface area contributed by atoms with Crippen LogP contribution in [0.25, 0.3) is 0 Å². The lowest BCUT2D eigenvalue weighted by Crippen LogP contribution is -2.52. The topological polar surface area (TPSA) is 38.8 Å². The van der Waals surface area contributed by atoms with Gasteiger partial charge < -0.3 is 20.0 Å². The first kappa shape index (κ1) is 18.3. The van der Waals surface area contributed by atoms with E-state index in [2.05, 4.69) is 22.0 Å². The molecular weight excluding hydrogens is 336 g/mol. The van der Waals surface area contributed by atoms with Crippen LogP contribution in [0.2, 0.25) is 5.02 Å².